The minimum absolute atomic E-state index is 0.412. The van der Waals surface area contributed by atoms with Crippen molar-refractivity contribution in [1.82, 2.24) is 4.98 Å². The van der Waals surface area contributed by atoms with Crippen molar-refractivity contribution in [2.75, 3.05) is 12.4 Å². The topological polar surface area (TPSA) is 34.1 Å². The van der Waals surface area contributed by atoms with Gasteiger partial charge in [0, 0.05) is 11.1 Å². The molecule has 0 aliphatic heterocycles. The van der Waals surface area contributed by atoms with Crippen LogP contribution in [0.15, 0.2) is 30.3 Å². The van der Waals surface area contributed by atoms with Crippen molar-refractivity contribution >= 4 is 23.1 Å². The van der Waals surface area contributed by atoms with Crippen LogP contribution in [0.3, 0.4) is 0 Å². The van der Waals surface area contributed by atoms with E-state index in [1.165, 1.54) is 6.07 Å². The molecule has 3 nitrogen and oxygen atoms in total. The van der Waals surface area contributed by atoms with E-state index in [-0.39, 0.29) is 0 Å². The van der Waals surface area contributed by atoms with E-state index in [0.29, 0.717) is 22.3 Å². The number of halogens is 2. The van der Waals surface area contributed by atoms with Crippen LogP contribution < -0.4 is 10.1 Å². The fraction of sp³-hybridized carbons (Fsp3) is 0.154. The van der Waals surface area contributed by atoms with Gasteiger partial charge in [-0.2, -0.15) is 4.39 Å². The Morgan fingerprint density at radius 2 is 2.11 bits per heavy atom. The van der Waals surface area contributed by atoms with Gasteiger partial charge in [0.1, 0.15) is 11.6 Å². The van der Waals surface area contributed by atoms with E-state index in [4.69, 9.17) is 16.3 Å². The first-order chi connectivity index (χ1) is 8.60. The summed E-state index contributed by atoms with van der Waals surface area (Å²) in [6, 6.07) is 8.08. The van der Waals surface area contributed by atoms with Crippen LogP contribution in [0, 0.1) is 12.9 Å². The number of methoxy groups -OCH3 is 1. The Hall–Kier alpha value is -1.81. The number of ether oxygens (including phenoxy) is 1. The van der Waals surface area contributed by atoms with Crippen LogP contribution in [0.5, 0.6) is 5.75 Å². The lowest BCUT2D eigenvalue weighted by molar-refractivity contribution is 0.416. The van der Waals surface area contributed by atoms with Crippen LogP contribution in [0.2, 0.25) is 5.02 Å². The lowest BCUT2D eigenvalue weighted by atomic mass is 10.2. The van der Waals surface area contributed by atoms with Gasteiger partial charge in [0.25, 0.3) is 0 Å². The lowest BCUT2D eigenvalue weighted by Gasteiger charge is -2.12. The zero-order valence-corrected chi connectivity index (χ0v) is 10.8. The molecule has 2 aromatic rings. The van der Waals surface area contributed by atoms with Gasteiger partial charge in [0.15, 0.2) is 0 Å². The molecule has 5 heteroatoms. The van der Waals surface area contributed by atoms with E-state index < -0.39 is 5.95 Å². The molecule has 0 atom stereocenters. The van der Waals surface area contributed by atoms with E-state index in [1.54, 1.807) is 25.3 Å². The third-order valence-corrected chi connectivity index (χ3v) is 2.87. The number of aromatic nitrogens is 1. The highest BCUT2D eigenvalue weighted by Gasteiger charge is 2.08. The maximum Gasteiger partial charge on any atom is 0.214 e. The Kier molecular flexibility index (Phi) is 3.67. The molecule has 18 heavy (non-hydrogen) atoms. The molecular weight excluding hydrogens is 255 g/mol. The molecule has 0 aliphatic rings. The van der Waals surface area contributed by atoms with Crippen LogP contribution in [-0.2, 0) is 0 Å². The van der Waals surface area contributed by atoms with E-state index >= 15 is 0 Å². The third kappa shape index (κ3) is 2.71. The maximum absolute atomic E-state index is 13.0. The van der Waals surface area contributed by atoms with Crippen LogP contribution in [0.4, 0.5) is 15.9 Å². The second kappa shape index (κ2) is 5.23. The summed E-state index contributed by atoms with van der Waals surface area (Å²) in [6.45, 7) is 1.88. The van der Waals surface area contributed by atoms with E-state index in [0.717, 1.165) is 5.56 Å². The standard InChI is InChI=1S/C13H12ClFN2O/c1-8-6-10(11(18-2)7-9(8)14)16-13-5-3-4-12(15)17-13/h3-7H,1-2H3,(H,16,17). The molecule has 0 amide bonds. The SMILES string of the molecule is COc1cc(Cl)c(C)cc1Nc1cccc(F)n1. The highest BCUT2D eigenvalue weighted by molar-refractivity contribution is 6.31. The summed E-state index contributed by atoms with van der Waals surface area (Å²) in [7, 11) is 1.55. The van der Waals surface area contributed by atoms with Gasteiger partial charge in [-0.1, -0.05) is 17.7 Å². The number of nitrogens with one attached hydrogen (secondary N) is 1. The van der Waals surface area contributed by atoms with Crippen molar-refractivity contribution < 1.29 is 9.13 Å². The minimum Gasteiger partial charge on any atom is -0.495 e. The molecule has 1 aromatic heterocycles. The van der Waals surface area contributed by atoms with E-state index in [9.17, 15) is 4.39 Å². The number of hydrogen-bond donors (Lipinski definition) is 1. The van der Waals surface area contributed by atoms with Gasteiger partial charge >= 0.3 is 0 Å². The largest absolute Gasteiger partial charge is 0.495 e. The number of pyridine rings is 1. The molecule has 0 radical (unpaired) electrons. The van der Waals surface area contributed by atoms with Gasteiger partial charge < -0.3 is 10.1 Å². The Morgan fingerprint density at radius 3 is 2.78 bits per heavy atom. The summed E-state index contributed by atoms with van der Waals surface area (Å²) in [5.41, 5.74) is 1.59. The predicted octanol–water partition coefficient (Wildman–Crippen LogP) is 3.93. The molecular formula is C13H12ClFN2O. The number of nitrogens with zero attached hydrogens (tertiary/aromatic N) is 1. The molecule has 0 aliphatic carbocycles. The van der Waals surface area contributed by atoms with E-state index in [2.05, 4.69) is 10.3 Å². The summed E-state index contributed by atoms with van der Waals surface area (Å²) in [4.78, 5) is 3.73. The Bertz CT molecular complexity index is 575. The zero-order valence-electron chi connectivity index (χ0n) is 10.00. The van der Waals surface area contributed by atoms with Gasteiger partial charge in [-0.25, -0.2) is 4.98 Å². The van der Waals surface area contributed by atoms with Crippen LogP contribution in [0.1, 0.15) is 5.56 Å². The number of rotatable bonds is 3. The molecule has 1 heterocycles. The van der Waals surface area contributed by atoms with Crippen molar-refractivity contribution in [3.05, 3.63) is 46.9 Å². The van der Waals surface area contributed by atoms with Gasteiger partial charge in [-0.3, -0.25) is 0 Å². The summed E-state index contributed by atoms with van der Waals surface area (Å²) < 4.78 is 18.2. The first-order valence-corrected chi connectivity index (χ1v) is 5.71. The second-order valence-corrected chi connectivity index (χ2v) is 4.18. The summed E-state index contributed by atoms with van der Waals surface area (Å²) in [5.74, 6) is 0.455. The highest BCUT2D eigenvalue weighted by atomic mass is 35.5. The van der Waals surface area contributed by atoms with Gasteiger partial charge in [0.05, 0.1) is 12.8 Å². The van der Waals surface area contributed by atoms with Crippen LogP contribution in [0.25, 0.3) is 0 Å². The third-order valence-electron chi connectivity index (χ3n) is 2.46. The smallest absolute Gasteiger partial charge is 0.214 e. The fourth-order valence-electron chi connectivity index (χ4n) is 1.55. The minimum atomic E-state index is -0.537. The average molecular weight is 267 g/mol. The Labute approximate surface area is 110 Å². The quantitative estimate of drug-likeness (QED) is 0.855. The van der Waals surface area contributed by atoms with E-state index in [1.807, 2.05) is 13.0 Å². The van der Waals surface area contributed by atoms with Gasteiger partial charge in [0.2, 0.25) is 5.95 Å². The van der Waals surface area contributed by atoms with Crippen molar-refractivity contribution in [3.63, 3.8) is 0 Å². The molecule has 0 spiro atoms. The number of anilines is 2. The highest BCUT2D eigenvalue weighted by Crippen LogP contribution is 2.32. The van der Waals surface area contributed by atoms with Crippen LogP contribution >= 0.6 is 11.6 Å². The molecule has 0 saturated carbocycles. The number of hydrogen-bond acceptors (Lipinski definition) is 3. The molecule has 1 aromatic carbocycles. The average Bonchev–Trinajstić information content (AvgIpc) is 2.33. The maximum atomic E-state index is 13.0. The summed E-state index contributed by atoms with van der Waals surface area (Å²) >= 11 is 6.01. The van der Waals surface area contributed by atoms with Crippen molar-refractivity contribution in [3.8, 4) is 5.75 Å². The summed E-state index contributed by atoms with van der Waals surface area (Å²) in [6.07, 6.45) is 0. The van der Waals surface area contributed by atoms with Crippen molar-refractivity contribution in [2.45, 2.75) is 6.92 Å². The normalized spacial score (nSPS) is 10.2. The predicted molar refractivity (Wildman–Crippen MR) is 70.2 cm³/mol. The van der Waals surface area contributed by atoms with Gasteiger partial charge in [-0.15, -0.1) is 0 Å². The Balaban J connectivity index is 2.36. The fourth-order valence-corrected chi connectivity index (χ4v) is 1.70. The first-order valence-electron chi connectivity index (χ1n) is 5.34. The molecule has 0 unspecified atom stereocenters. The number of benzene rings is 1. The van der Waals surface area contributed by atoms with Crippen molar-refractivity contribution in [1.29, 1.82) is 0 Å². The zero-order chi connectivity index (χ0) is 13.1. The molecule has 0 fully saturated rings. The molecule has 0 saturated heterocycles. The van der Waals surface area contributed by atoms with Gasteiger partial charge in [-0.05, 0) is 30.7 Å². The molecule has 2 rings (SSSR count). The lowest BCUT2D eigenvalue weighted by Crippen LogP contribution is -1.98. The monoisotopic (exact) mass is 266 g/mol. The second-order valence-electron chi connectivity index (χ2n) is 3.77. The molecule has 94 valence electrons. The molecule has 1 N–H and O–H groups in total. The van der Waals surface area contributed by atoms with Crippen molar-refractivity contribution in [2.24, 2.45) is 0 Å². The number of aryl methyl sites for hydroxylation is 1. The Morgan fingerprint density at radius 1 is 1.33 bits per heavy atom. The van der Waals surface area contributed by atoms with Crippen LogP contribution in [-0.4, -0.2) is 12.1 Å². The first kappa shape index (κ1) is 12.6. The molecule has 0 bridgehead atoms. The summed E-state index contributed by atoms with van der Waals surface area (Å²) in [5, 5.41) is 3.61.